The highest BCUT2D eigenvalue weighted by Gasteiger charge is 2.65. The molecular weight excluding hydrogens is 320 g/mol. The molecule has 1 spiro atoms. The van der Waals surface area contributed by atoms with Crippen LogP contribution in [0.25, 0.3) is 0 Å². The van der Waals surface area contributed by atoms with Crippen molar-refractivity contribution in [3.05, 3.63) is 42.2 Å². The van der Waals surface area contributed by atoms with Crippen LogP contribution in [-0.2, 0) is 18.9 Å². The van der Waals surface area contributed by atoms with E-state index in [1.165, 1.54) is 6.42 Å². The van der Waals surface area contributed by atoms with Crippen LogP contribution in [0.5, 0.6) is 5.75 Å². The number of benzene rings is 1. The fourth-order valence-electron chi connectivity index (χ4n) is 4.89. The lowest BCUT2D eigenvalue weighted by Gasteiger charge is -2.50. The molecule has 0 N–H and O–H groups in total. The molecule has 0 amide bonds. The molecule has 1 saturated carbocycles. The van der Waals surface area contributed by atoms with Crippen molar-refractivity contribution in [3.8, 4) is 5.75 Å². The minimum Gasteiger partial charge on any atom is -0.497 e. The fourth-order valence-corrected chi connectivity index (χ4v) is 4.89. The minimum atomic E-state index is -0.324. The molecule has 1 aromatic carbocycles. The first-order valence-electron chi connectivity index (χ1n) is 8.98. The van der Waals surface area contributed by atoms with Crippen molar-refractivity contribution in [2.24, 2.45) is 5.41 Å². The van der Waals surface area contributed by atoms with Gasteiger partial charge in [0.15, 0.2) is 0 Å². The predicted octanol–water partition coefficient (Wildman–Crippen LogP) is 3.95. The molecule has 2 fully saturated rings. The largest absolute Gasteiger partial charge is 0.497 e. The third-order valence-electron chi connectivity index (χ3n) is 5.96. The zero-order valence-electron chi connectivity index (χ0n) is 14.9. The summed E-state index contributed by atoms with van der Waals surface area (Å²) in [5.74, 6) is 0.832. The average Bonchev–Trinajstić information content (AvgIpc) is 2.88. The van der Waals surface area contributed by atoms with Gasteiger partial charge < -0.3 is 23.7 Å². The molecule has 5 nitrogen and oxygen atoms in total. The van der Waals surface area contributed by atoms with Crippen LogP contribution in [0, 0.1) is 5.41 Å². The zero-order chi connectivity index (χ0) is 17.3. The van der Waals surface area contributed by atoms with E-state index in [-0.39, 0.29) is 30.2 Å². The normalized spacial score (nSPS) is 34.2. The Kier molecular flexibility index (Phi) is 4.48. The van der Waals surface area contributed by atoms with Crippen molar-refractivity contribution >= 4 is 0 Å². The number of rotatable bonds is 6. The first kappa shape index (κ1) is 16.9. The number of hydrogen-bond donors (Lipinski definition) is 0. The summed E-state index contributed by atoms with van der Waals surface area (Å²) >= 11 is 0. The summed E-state index contributed by atoms with van der Waals surface area (Å²) in [5.41, 5.74) is 0.617. The molecule has 0 aromatic heterocycles. The van der Waals surface area contributed by atoms with Gasteiger partial charge in [-0.3, -0.25) is 0 Å². The summed E-state index contributed by atoms with van der Waals surface area (Å²) in [6.45, 7) is 0.245. The van der Waals surface area contributed by atoms with Gasteiger partial charge in [0.2, 0.25) is 6.29 Å². The van der Waals surface area contributed by atoms with Crippen LogP contribution >= 0.6 is 0 Å². The predicted molar refractivity (Wildman–Crippen MR) is 92.0 cm³/mol. The van der Waals surface area contributed by atoms with E-state index < -0.39 is 0 Å². The van der Waals surface area contributed by atoms with Crippen molar-refractivity contribution in [2.45, 2.75) is 50.1 Å². The third kappa shape index (κ3) is 2.65. The SMILES string of the molecule is COCO[C@@H](c1cccc(OC)c1)[C@@]12CCCC[C@@]13C=CO[C@@H](C2)O3. The number of methoxy groups -OCH3 is 2. The van der Waals surface area contributed by atoms with Crippen LogP contribution in [0.2, 0.25) is 0 Å². The van der Waals surface area contributed by atoms with Gasteiger partial charge in [-0.2, -0.15) is 0 Å². The lowest BCUT2D eigenvalue weighted by molar-refractivity contribution is -0.194. The summed E-state index contributed by atoms with van der Waals surface area (Å²) < 4.78 is 29.0. The fraction of sp³-hybridized carbons (Fsp3) is 0.600. The molecule has 0 radical (unpaired) electrons. The quantitative estimate of drug-likeness (QED) is 0.730. The molecule has 2 heterocycles. The van der Waals surface area contributed by atoms with Gasteiger partial charge in [-0.1, -0.05) is 25.0 Å². The Bertz CT molecular complexity index is 645. The van der Waals surface area contributed by atoms with Gasteiger partial charge in [-0.05, 0) is 36.6 Å². The van der Waals surface area contributed by atoms with Crippen LogP contribution in [0.4, 0.5) is 0 Å². The molecule has 4 atom stereocenters. The van der Waals surface area contributed by atoms with Crippen molar-refractivity contribution in [2.75, 3.05) is 21.0 Å². The number of hydrogen-bond acceptors (Lipinski definition) is 5. The standard InChI is InChI=1S/C20H26O5/c1-21-14-24-18(15-6-5-7-16(12-15)22-2)19-8-3-4-9-20(19)10-11-23-17(13-19)25-20/h5-7,10-12,17-18H,3-4,8-9,13-14H2,1-2H3/t17-,18+,19+,20-/m1/s1. The molecule has 4 rings (SSSR count). The van der Waals surface area contributed by atoms with Gasteiger partial charge in [0.1, 0.15) is 18.1 Å². The Hall–Kier alpha value is -1.56. The van der Waals surface area contributed by atoms with Crippen molar-refractivity contribution < 1.29 is 23.7 Å². The van der Waals surface area contributed by atoms with E-state index in [0.717, 1.165) is 37.0 Å². The summed E-state index contributed by atoms with van der Waals surface area (Å²) in [6, 6.07) is 8.13. The molecule has 2 bridgehead atoms. The second-order valence-corrected chi connectivity index (χ2v) is 7.17. The molecule has 1 saturated heterocycles. The van der Waals surface area contributed by atoms with Gasteiger partial charge in [-0.25, -0.2) is 0 Å². The molecule has 3 aliphatic rings. The van der Waals surface area contributed by atoms with E-state index in [9.17, 15) is 0 Å². The van der Waals surface area contributed by atoms with Gasteiger partial charge >= 0.3 is 0 Å². The van der Waals surface area contributed by atoms with Crippen molar-refractivity contribution in [3.63, 3.8) is 0 Å². The summed E-state index contributed by atoms with van der Waals surface area (Å²) in [5, 5.41) is 0. The maximum atomic E-state index is 6.37. The van der Waals surface area contributed by atoms with Crippen LogP contribution in [0.1, 0.15) is 43.8 Å². The highest BCUT2D eigenvalue weighted by atomic mass is 16.7. The van der Waals surface area contributed by atoms with Crippen molar-refractivity contribution in [1.29, 1.82) is 0 Å². The molecule has 0 unspecified atom stereocenters. The van der Waals surface area contributed by atoms with E-state index >= 15 is 0 Å². The summed E-state index contributed by atoms with van der Waals surface area (Å²) in [6.07, 6.45) is 8.80. The van der Waals surface area contributed by atoms with Gasteiger partial charge in [0, 0.05) is 18.9 Å². The lowest BCUT2D eigenvalue weighted by Crippen LogP contribution is -2.50. The Morgan fingerprint density at radius 2 is 2.12 bits per heavy atom. The molecule has 136 valence electrons. The second kappa shape index (κ2) is 6.63. The van der Waals surface area contributed by atoms with Crippen LogP contribution in [-0.4, -0.2) is 32.9 Å². The van der Waals surface area contributed by atoms with Crippen LogP contribution in [0.15, 0.2) is 36.6 Å². The first-order chi connectivity index (χ1) is 12.2. The second-order valence-electron chi connectivity index (χ2n) is 7.17. The molecular formula is C20H26O5. The lowest BCUT2D eigenvalue weighted by atomic mass is 9.58. The summed E-state index contributed by atoms with van der Waals surface area (Å²) in [4.78, 5) is 0. The molecule has 2 aliphatic heterocycles. The molecule has 25 heavy (non-hydrogen) atoms. The highest BCUT2D eigenvalue weighted by molar-refractivity contribution is 5.34. The van der Waals surface area contributed by atoms with Crippen LogP contribution < -0.4 is 4.74 Å². The first-order valence-corrected chi connectivity index (χ1v) is 8.98. The Morgan fingerprint density at radius 1 is 1.24 bits per heavy atom. The smallest absolute Gasteiger partial charge is 0.200 e. The third-order valence-corrected chi connectivity index (χ3v) is 5.96. The van der Waals surface area contributed by atoms with Crippen LogP contribution in [0.3, 0.4) is 0 Å². The molecule has 5 heteroatoms. The van der Waals surface area contributed by atoms with Gasteiger partial charge in [0.05, 0.1) is 19.5 Å². The van der Waals surface area contributed by atoms with E-state index in [1.54, 1.807) is 14.2 Å². The molecule has 1 aliphatic carbocycles. The maximum Gasteiger partial charge on any atom is 0.200 e. The van der Waals surface area contributed by atoms with Gasteiger partial charge in [0.25, 0.3) is 0 Å². The number of fused-ring (bicyclic) bond motifs is 1. The topological polar surface area (TPSA) is 46.2 Å². The zero-order valence-corrected chi connectivity index (χ0v) is 14.9. The van der Waals surface area contributed by atoms with Crippen molar-refractivity contribution in [1.82, 2.24) is 0 Å². The Balaban J connectivity index is 1.78. The maximum absolute atomic E-state index is 6.37. The Morgan fingerprint density at radius 3 is 2.96 bits per heavy atom. The molecule has 1 aromatic rings. The van der Waals surface area contributed by atoms with E-state index in [1.807, 2.05) is 18.4 Å². The average molecular weight is 346 g/mol. The Labute approximate surface area is 148 Å². The highest BCUT2D eigenvalue weighted by Crippen LogP contribution is 2.64. The van der Waals surface area contributed by atoms with E-state index in [2.05, 4.69) is 18.2 Å². The van der Waals surface area contributed by atoms with Gasteiger partial charge in [-0.15, -0.1) is 0 Å². The monoisotopic (exact) mass is 346 g/mol. The summed E-state index contributed by atoms with van der Waals surface area (Å²) in [7, 11) is 3.34. The van der Waals surface area contributed by atoms with E-state index in [0.29, 0.717) is 0 Å². The number of ether oxygens (including phenoxy) is 5. The minimum absolute atomic E-state index is 0.140. The van der Waals surface area contributed by atoms with E-state index in [4.69, 9.17) is 23.7 Å².